The standard InChI is InChI=1S/C15H22N2O.ClH/c1-3-12(4-2)15(18)17-8-11-5-6-13-9-16-10-14(13)7-11;/h5-7,12,16H,3-4,8-10H2,1-2H3,(H,17,18);1H. The largest absolute Gasteiger partial charge is 0.352 e. The molecule has 0 bridgehead atoms. The topological polar surface area (TPSA) is 41.1 Å². The van der Waals surface area contributed by atoms with Gasteiger partial charge in [0.05, 0.1) is 0 Å². The minimum atomic E-state index is 0. The molecular formula is C15H23ClN2O. The Morgan fingerprint density at radius 1 is 1.26 bits per heavy atom. The first-order valence-electron chi connectivity index (χ1n) is 6.83. The lowest BCUT2D eigenvalue weighted by Crippen LogP contribution is -2.29. The van der Waals surface area contributed by atoms with E-state index in [-0.39, 0.29) is 24.2 Å². The fraction of sp³-hybridized carbons (Fsp3) is 0.533. The molecule has 0 unspecified atom stereocenters. The monoisotopic (exact) mass is 282 g/mol. The van der Waals surface area contributed by atoms with Gasteiger partial charge in [-0.25, -0.2) is 0 Å². The molecule has 2 N–H and O–H groups in total. The number of benzene rings is 1. The van der Waals surface area contributed by atoms with Crippen LogP contribution in [-0.4, -0.2) is 5.91 Å². The van der Waals surface area contributed by atoms with Crippen molar-refractivity contribution in [3.05, 3.63) is 34.9 Å². The molecule has 1 heterocycles. The normalized spacial score (nSPS) is 13.0. The summed E-state index contributed by atoms with van der Waals surface area (Å²) in [7, 11) is 0. The van der Waals surface area contributed by atoms with Gasteiger partial charge in [-0.3, -0.25) is 4.79 Å². The number of carbonyl (C=O) groups is 1. The summed E-state index contributed by atoms with van der Waals surface area (Å²) < 4.78 is 0. The Morgan fingerprint density at radius 2 is 1.95 bits per heavy atom. The van der Waals surface area contributed by atoms with E-state index >= 15 is 0 Å². The quantitative estimate of drug-likeness (QED) is 0.872. The number of rotatable bonds is 5. The first-order chi connectivity index (χ1) is 8.74. The smallest absolute Gasteiger partial charge is 0.223 e. The van der Waals surface area contributed by atoms with E-state index in [1.54, 1.807) is 0 Å². The molecule has 0 atom stereocenters. The summed E-state index contributed by atoms with van der Waals surface area (Å²) in [5.74, 6) is 0.333. The van der Waals surface area contributed by atoms with Crippen molar-refractivity contribution in [2.75, 3.05) is 0 Å². The lowest BCUT2D eigenvalue weighted by Gasteiger charge is -2.13. The molecule has 19 heavy (non-hydrogen) atoms. The van der Waals surface area contributed by atoms with Crippen LogP contribution in [0.5, 0.6) is 0 Å². The summed E-state index contributed by atoms with van der Waals surface area (Å²) in [6.45, 7) is 6.69. The van der Waals surface area contributed by atoms with E-state index in [0.29, 0.717) is 6.54 Å². The molecule has 0 spiro atoms. The number of halogens is 1. The highest BCUT2D eigenvalue weighted by Gasteiger charge is 2.14. The minimum absolute atomic E-state index is 0. The SMILES string of the molecule is CCC(CC)C(=O)NCc1ccc2c(c1)CNC2.Cl. The van der Waals surface area contributed by atoms with Crippen LogP contribution in [0.4, 0.5) is 0 Å². The Kier molecular flexibility index (Phi) is 6.32. The fourth-order valence-electron chi connectivity index (χ4n) is 2.45. The lowest BCUT2D eigenvalue weighted by atomic mass is 10.0. The van der Waals surface area contributed by atoms with Gasteiger partial charge in [-0.05, 0) is 29.5 Å². The first kappa shape index (κ1) is 16.0. The van der Waals surface area contributed by atoms with Crippen LogP contribution < -0.4 is 10.6 Å². The van der Waals surface area contributed by atoms with Gasteiger partial charge in [0.2, 0.25) is 5.91 Å². The average molecular weight is 283 g/mol. The number of fused-ring (bicyclic) bond motifs is 1. The van der Waals surface area contributed by atoms with Crippen LogP contribution in [0.3, 0.4) is 0 Å². The van der Waals surface area contributed by atoms with Gasteiger partial charge in [-0.2, -0.15) is 0 Å². The molecule has 1 amide bonds. The van der Waals surface area contributed by atoms with Crippen molar-refractivity contribution >= 4 is 18.3 Å². The van der Waals surface area contributed by atoms with Crippen LogP contribution in [-0.2, 0) is 24.4 Å². The molecule has 1 aromatic carbocycles. The van der Waals surface area contributed by atoms with Crippen LogP contribution in [0.25, 0.3) is 0 Å². The van der Waals surface area contributed by atoms with Gasteiger partial charge < -0.3 is 10.6 Å². The van der Waals surface area contributed by atoms with Crippen molar-refractivity contribution in [1.29, 1.82) is 0 Å². The third-order valence-corrected chi connectivity index (χ3v) is 3.72. The van der Waals surface area contributed by atoms with E-state index in [1.165, 1.54) is 16.7 Å². The second-order valence-corrected chi connectivity index (χ2v) is 4.94. The van der Waals surface area contributed by atoms with Crippen molar-refractivity contribution in [3.8, 4) is 0 Å². The maximum atomic E-state index is 11.9. The Bertz CT molecular complexity index is 430. The van der Waals surface area contributed by atoms with Gasteiger partial charge in [0.15, 0.2) is 0 Å². The van der Waals surface area contributed by atoms with E-state index < -0.39 is 0 Å². The van der Waals surface area contributed by atoms with Crippen LogP contribution in [0.1, 0.15) is 43.4 Å². The van der Waals surface area contributed by atoms with Gasteiger partial charge in [-0.15, -0.1) is 12.4 Å². The van der Waals surface area contributed by atoms with Crippen molar-refractivity contribution in [2.24, 2.45) is 5.92 Å². The fourth-order valence-corrected chi connectivity index (χ4v) is 2.45. The molecule has 1 aliphatic rings. The van der Waals surface area contributed by atoms with Gasteiger partial charge in [0.25, 0.3) is 0 Å². The maximum Gasteiger partial charge on any atom is 0.223 e. The van der Waals surface area contributed by atoms with Crippen LogP contribution in [0.15, 0.2) is 18.2 Å². The van der Waals surface area contributed by atoms with E-state index in [9.17, 15) is 4.79 Å². The molecule has 1 aliphatic heterocycles. The highest BCUT2D eigenvalue weighted by molar-refractivity contribution is 5.85. The van der Waals surface area contributed by atoms with Gasteiger partial charge in [0.1, 0.15) is 0 Å². The zero-order valence-electron chi connectivity index (χ0n) is 11.7. The third kappa shape index (κ3) is 3.95. The maximum absolute atomic E-state index is 11.9. The molecule has 0 saturated carbocycles. The Balaban J connectivity index is 0.00000180. The predicted octanol–water partition coefficient (Wildman–Crippen LogP) is 2.76. The molecule has 0 fully saturated rings. The highest BCUT2D eigenvalue weighted by atomic mass is 35.5. The number of amides is 1. The third-order valence-electron chi connectivity index (χ3n) is 3.72. The lowest BCUT2D eigenvalue weighted by molar-refractivity contribution is -0.125. The second-order valence-electron chi connectivity index (χ2n) is 4.94. The summed E-state index contributed by atoms with van der Waals surface area (Å²) >= 11 is 0. The Morgan fingerprint density at radius 3 is 2.63 bits per heavy atom. The number of hydrogen-bond acceptors (Lipinski definition) is 2. The van der Waals surface area contributed by atoms with E-state index in [2.05, 4.69) is 42.7 Å². The Hall–Kier alpha value is -1.06. The summed E-state index contributed by atoms with van der Waals surface area (Å²) in [6.07, 6.45) is 1.83. The predicted molar refractivity (Wildman–Crippen MR) is 80.2 cm³/mol. The highest BCUT2D eigenvalue weighted by Crippen LogP contribution is 2.17. The number of carbonyl (C=O) groups excluding carboxylic acids is 1. The van der Waals surface area contributed by atoms with Crippen molar-refractivity contribution in [2.45, 2.75) is 46.3 Å². The summed E-state index contributed by atoms with van der Waals surface area (Å²) in [5.41, 5.74) is 3.94. The minimum Gasteiger partial charge on any atom is -0.352 e. The molecule has 0 radical (unpaired) electrons. The zero-order chi connectivity index (χ0) is 13.0. The summed E-state index contributed by atoms with van der Waals surface area (Å²) in [6, 6.07) is 6.47. The van der Waals surface area contributed by atoms with Crippen LogP contribution in [0, 0.1) is 5.92 Å². The van der Waals surface area contributed by atoms with E-state index in [0.717, 1.165) is 25.9 Å². The van der Waals surface area contributed by atoms with Crippen molar-refractivity contribution < 1.29 is 4.79 Å². The van der Waals surface area contributed by atoms with Gasteiger partial charge in [0, 0.05) is 25.6 Å². The van der Waals surface area contributed by atoms with Crippen molar-refractivity contribution in [3.63, 3.8) is 0 Å². The van der Waals surface area contributed by atoms with E-state index in [4.69, 9.17) is 0 Å². The van der Waals surface area contributed by atoms with Gasteiger partial charge in [-0.1, -0.05) is 32.0 Å². The molecule has 1 aromatic rings. The van der Waals surface area contributed by atoms with Crippen LogP contribution >= 0.6 is 12.4 Å². The van der Waals surface area contributed by atoms with Gasteiger partial charge >= 0.3 is 0 Å². The molecule has 0 aliphatic carbocycles. The molecule has 0 aromatic heterocycles. The van der Waals surface area contributed by atoms with Crippen molar-refractivity contribution in [1.82, 2.24) is 10.6 Å². The summed E-state index contributed by atoms with van der Waals surface area (Å²) in [4.78, 5) is 11.9. The zero-order valence-corrected chi connectivity index (χ0v) is 12.5. The van der Waals surface area contributed by atoms with E-state index in [1.807, 2.05) is 0 Å². The molecule has 2 rings (SSSR count). The molecule has 4 heteroatoms. The number of nitrogens with one attached hydrogen (secondary N) is 2. The molecule has 106 valence electrons. The first-order valence-corrected chi connectivity index (χ1v) is 6.83. The molecule has 0 saturated heterocycles. The molecule has 3 nitrogen and oxygen atoms in total. The second kappa shape index (κ2) is 7.51. The number of hydrogen-bond donors (Lipinski definition) is 2. The summed E-state index contributed by atoms with van der Waals surface area (Å²) in [5, 5.41) is 6.36. The molecular weight excluding hydrogens is 260 g/mol. The van der Waals surface area contributed by atoms with Crippen LogP contribution in [0.2, 0.25) is 0 Å². The average Bonchev–Trinajstić information content (AvgIpc) is 2.85. The Labute approximate surface area is 121 Å².